The first-order chi connectivity index (χ1) is 21.0. The largest absolute Gasteiger partial charge is 0.352 e. The highest BCUT2D eigenvalue weighted by Crippen LogP contribution is 2.31. The molecule has 1 aliphatic rings. The first-order valence-electron chi connectivity index (χ1n) is 15.1. The van der Waals surface area contributed by atoms with Crippen LogP contribution >= 0.6 is 23.2 Å². The summed E-state index contributed by atoms with van der Waals surface area (Å²) >= 11 is 13.2. The fourth-order valence-electron chi connectivity index (χ4n) is 5.75. The van der Waals surface area contributed by atoms with Crippen molar-refractivity contribution in [3.05, 3.63) is 99.5 Å². The third-order valence-electron chi connectivity index (χ3n) is 8.12. The van der Waals surface area contributed by atoms with Crippen LogP contribution in [0.25, 0.3) is 0 Å². The first-order valence-corrected chi connectivity index (χ1v) is 17.7. The molecule has 1 aliphatic carbocycles. The van der Waals surface area contributed by atoms with Gasteiger partial charge in [0, 0.05) is 34.6 Å². The van der Waals surface area contributed by atoms with Crippen molar-refractivity contribution < 1.29 is 18.0 Å². The summed E-state index contributed by atoms with van der Waals surface area (Å²) in [5.74, 6) is -0.814. The summed E-state index contributed by atoms with van der Waals surface area (Å²) in [4.78, 5) is 30.0. The molecule has 1 atom stereocenters. The van der Waals surface area contributed by atoms with Crippen molar-refractivity contribution >= 4 is 50.7 Å². The quantitative estimate of drug-likeness (QED) is 0.228. The molecule has 236 valence electrons. The van der Waals surface area contributed by atoms with E-state index in [-0.39, 0.29) is 30.8 Å². The van der Waals surface area contributed by atoms with Gasteiger partial charge in [0.25, 0.3) is 0 Å². The Morgan fingerprint density at radius 1 is 0.886 bits per heavy atom. The number of hydrogen-bond donors (Lipinski definition) is 1. The number of amides is 2. The molecule has 4 rings (SSSR count). The lowest BCUT2D eigenvalue weighted by Gasteiger charge is -2.35. The highest BCUT2D eigenvalue weighted by molar-refractivity contribution is 7.92. The van der Waals surface area contributed by atoms with E-state index in [1.165, 1.54) is 4.90 Å². The smallest absolute Gasteiger partial charge is 0.244 e. The average Bonchev–Trinajstić information content (AvgIpc) is 2.99. The van der Waals surface area contributed by atoms with E-state index in [2.05, 4.69) is 5.32 Å². The highest BCUT2D eigenvalue weighted by Gasteiger charge is 2.35. The molecule has 3 aromatic carbocycles. The second kappa shape index (κ2) is 15.3. The number of para-hydroxylation sites is 1. The molecular formula is C34H41Cl2N3O4S. The van der Waals surface area contributed by atoms with Gasteiger partial charge in [-0.3, -0.25) is 13.9 Å². The molecule has 1 saturated carbocycles. The number of nitrogens with one attached hydrogen (secondary N) is 1. The van der Waals surface area contributed by atoms with Gasteiger partial charge in [-0.15, -0.1) is 0 Å². The number of nitrogens with zero attached hydrogens (tertiary/aromatic N) is 2. The molecule has 10 heteroatoms. The van der Waals surface area contributed by atoms with Crippen LogP contribution in [0.15, 0.2) is 72.8 Å². The van der Waals surface area contributed by atoms with Gasteiger partial charge in [0.1, 0.15) is 12.6 Å². The van der Waals surface area contributed by atoms with E-state index in [9.17, 15) is 18.0 Å². The van der Waals surface area contributed by atoms with Crippen LogP contribution in [0.2, 0.25) is 10.0 Å². The molecule has 0 heterocycles. The van der Waals surface area contributed by atoms with Gasteiger partial charge in [0.2, 0.25) is 21.8 Å². The van der Waals surface area contributed by atoms with Crippen LogP contribution in [-0.2, 0) is 32.6 Å². The predicted octanol–water partition coefficient (Wildman–Crippen LogP) is 6.97. The summed E-state index contributed by atoms with van der Waals surface area (Å²) in [6.45, 7) is 3.37. The Kier molecular flexibility index (Phi) is 11.7. The molecule has 1 fully saturated rings. The van der Waals surface area contributed by atoms with E-state index in [4.69, 9.17) is 23.2 Å². The lowest BCUT2D eigenvalue weighted by Crippen LogP contribution is -2.55. The molecule has 0 aromatic heterocycles. The van der Waals surface area contributed by atoms with Crippen LogP contribution in [0.3, 0.4) is 0 Å². The fraction of sp³-hybridized carbons (Fsp3) is 0.412. The second-order valence-electron chi connectivity index (χ2n) is 11.8. The van der Waals surface area contributed by atoms with Gasteiger partial charge in [-0.05, 0) is 48.1 Å². The normalized spacial score (nSPS) is 14.7. The summed E-state index contributed by atoms with van der Waals surface area (Å²) < 4.78 is 27.6. The molecule has 0 spiro atoms. The van der Waals surface area contributed by atoms with E-state index in [1.54, 1.807) is 30.3 Å². The van der Waals surface area contributed by atoms with Crippen molar-refractivity contribution in [2.75, 3.05) is 17.1 Å². The molecule has 3 aromatic rings. The van der Waals surface area contributed by atoms with Gasteiger partial charge in [0.15, 0.2) is 0 Å². The topological polar surface area (TPSA) is 86.8 Å². The van der Waals surface area contributed by atoms with Crippen molar-refractivity contribution in [1.82, 2.24) is 10.2 Å². The van der Waals surface area contributed by atoms with Gasteiger partial charge in [-0.25, -0.2) is 8.42 Å². The molecule has 44 heavy (non-hydrogen) atoms. The Morgan fingerprint density at radius 3 is 2.11 bits per heavy atom. The minimum Gasteiger partial charge on any atom is -0.352 e. The maximum atomic E-state index is 14.5. The lowest BCUT2D eigenvalue weighted by atomic mass is 9.94. The monoisotopic (exact) mass is 657 g/mol. The van der Waals surface area contributed by atoms with Crippen molar-refractivity contribution in [3.63, 3.8) is 0 Å². The summed E-state index contributed by atoms with van der Waals surface area (Å²) in [6.07, 6.45) is 6.27. The van der Waals surface area contributed by atoms with E-state index < -0.39 is 28.5 Å². The number of halogens is 2. The van der Waals surface area contributed by atoms with Gasteiger partial charge in [-0.1, -0.05) is 111 Å². The Balaban J connectivity index is 1.79. The van der Waals surface area contributed by atoms with Gasteiger partial charge in [-0.2, -0.15) is 0 Å². The Hall–Kier alpha value is -3.07. The number of sulfonamides is 1. The van der Waals surface area contributed by atoms with E-state index in [1.807, 2.05) is 56.3 Å². The van der Waals surface area contributed by atoms with Crippen molar-refractivity contribution in [2.24, 2.45) is 0 Å². The van der Waals surface area contributed by atoms with Gasteiger partial charge >= 0.3 is 0 Å². The zero-order valence-corrected chi connectivity index (χ0v) is 27.8. The maximum absolute atomic E-state index is 14.5. The molecule has 0 saturated heterocycles. The van der Waals surface area contributed by atoms with Crippen LogP contribution in [0, 0.1) is 0 Å². The summed E-state index contributed by atoms with van der Waals surface area (Å²) in [5, 5.41) is 3.90. The van der Waals surface area contributed by atoms with E-state index >= 15 is 0 Å². The Labute approximate surface area is 271 Å². The standard InChI is InChI=1S/C34H41Cl2N3O4S/c1-24(2)27-17-10-11-20-31(27)39(44(3,42)43)23-33(40)38(22-28-29(35)18-12-19-30(28)36)32(21-25-13-6-4-7-14-25)34(41)37-26-15-8-5-9-16-26/h4,6-7,10-14,17-20,24,26,32H,5,8-9,15-16,21-23H2,1-3H3,(H,37,41)/t32-/m0/s1. The van der Waals surface area contributed by atoms with E-state index in [0.717, 1.165) is 53.8 Å². The van der Waals surface area contributed by atoms with Gasteiger partial charge in [0.05, 0.1) is 11.9 Å². The van der Waals surface area contributed by atoms with Crippen LogP contribution in [0.4, 0.5) is 5.69 Å². The molecule has 0 aliphatic heterocycles. The number of carbonyl (C=O) groups is 2. The van der Waals surface area contributed by atoms with E-state index in [0.29, 0.717) is 21.3 Å². The number of rotatable bonds is 12. The molecule has 0 bridgehead atoms. The van der Waals surface area contributed by atoms with Crippen molar-refractivity contribution in [2.45, 2.75) is 76.9 Å². The third-order valence-corrected chi connectivity index (χ3v) is 9.95. The molecule has 0 unspecified atom stereocenters. The predicted molar refractivity (Wildman–Crippen MR) is 179 cm³/mol. The van der Waals surface area contributed by atoms with Gasteiger partial charge < -0.3 is 10.2 Å². The zero-order chi connectivity index (χ0) is 31.9. The highest BCUT2D eigenvalue weighted by atomic mass is 35.5. The molecule has 0 radical (unpaired) electrons. The molecule has 1 N–H and O–H groups in total. The first kappa shape index (κ1) is 33.8. The van der Waals surface area contributed by atoms with Crippen LogP contribution < -0.4 is 9.62 Å². The third kappa shape index (κ3) is 8.77. The molecular weight excluding hydrogens is 617 g/mol. The average molecular weight is 659 g/mol. The summed E-state index contributed by atoms with van der Waals surface area (Å²) in [7, 11) is -3.89. The number of carbonyl (C=O) groups excluding carboxylic acids is 2. The lowest BCUT2D eigenvalue weighted by molar-refractivity contribution is -0.140. The van der Waals surface area contributed by atoms with Crippen LogP contribution in [0.1, 0.15) is 68.6 Å². The Bertz CT molecular complexity index is 1520. The summed E-state index contributed by atoms with van der Waals surface area (Å²) in [5.41, 5.74) is 2.58. The minimum atomic E-state index is -3.89. The second-order valence-corrected chi connectivity index (χ2v) is 14.5. The number of anilines is 1. The molecule has 7 nitrogen and oxygen atoms in total. The number of benzene rings is 3. The zero-order valence-electron chi connectivity index (χ0n) is 25.5. The van der Waals surface area contributed by atoms with Crippen LogP contribution in [0.5, 0.6) is 0 Å². The number of hydrogen-bond acceptors (Lipinski definition) is 4. The minimum absolute atomic E-state index is 0.00990. The van der Waals surface area contributed by atoms with Crippen LogP contribution in [-0.4, -0.2) is 50.0 Å². The molecule has 2 amide bonds. The summed E-state index contributed by atoms with van der Waals surface area (Å²) in [6, 6.07) is 20.8. The van der Waals surface area contributed by atoms with Crippen molar-refractivity contribution in [3.8, 4) is 0 Å². The maximum Gasteiger partial charge on any atom is 0.244 e. The SMILES string of the molecule is CC(C)c1ccccc1N(CC(=O)N(Cc1c(Cl)cccc1Cl)[C@@H](Cc1ccccc1)C(=O)NC1CCCCC1)S(C)(=O)=O. The fourth-order valence-corrected chi connectivity index (χ4v) is 7.14. The Morgan fingerprint density at radius 2 is 1.50 bits per heavy atom. The van der Waals surface area contributed by atoms with Crippen molar-refractivity contribution in [1.29, 1.82) is 0 Å².